The normalized spacial score (nSPS) is 17.7. The number of hydrogen-bond donors (Lipinski definition) is 0. The van der Waals surface area contributed by atoms with Gasteiger partial charge in [0.05, 0.1) is 12.1 Å². The molecule has 0 aliphatic carbocycles. The van der Waals surface area contributed by atoms with E-state index in [4.69, 9.17) is 11.6 Å². The number of carbonyl (C=O) groups is 1. The van der Waals surface area contributed by atoms with Gasteiger partial charge in [-0.05, 0) is 12.1 Å². The maximum absolute atomic E-state index is 12.0. The second kappa shape index (κ2) is 4.50. The van der Waals surface area contributed by atoms with Gasteiger partial charge in [0.2, 0.25) is 0 Å². The molecule has 1 aliphatic rings. The monoisotopic (exact) mass is 271 g/mol. The molecule has 0 atom stereocenters. The quantitative estimate of drug-likeness (QED) is 0.620. The first-order valence-electron chi connectivity index (χ1n) is 4.96. The van der Waals surface area contributed by atoms with Gasteiger partial charge in [-0.15, -0.1) is 11.6 Å². The van der Waals surface area contributed by atoms with Crippen LogP contribution < -0.4 is 0 Å². The number of sulfonamides is 1. The highest BCUT2D eigenvalue weighted by atomic mass is 35.5. The van der Waals surface area contributed by atoms with Gasteiger partial charge < -0.3 is 0 Å². The molecule has 0 spiro atoms. The molecule has 2 rings (SSSR count). The molecule has 1 amide bonds. The summed E-state index contributed by atoms with van der Waals surface area (Å²) in [5.41, 5.74) is 0.228. The molecule has 90 valence electrons. The molecule has 0 saturated carbocycles. The van der Waals surface area contributed by atoms with E-state index in [1.807, 2.05) is 0 Å². The third kappa shape index (κ3) is 1.96. The lowest BCUT2D eigenvalue weighted by Crippen LogP contribution is -2.30. The van der Waals surface area contributed by atoms with E-state index in [2.05, 4.69) is 0 Å². The minimum Gasteiger partial charge on any atom is -0.268 e. The average Bonchev–Trinajstić information content (AvgIpc) is 2.51. The van der Waals surface area contributed by atoms with Crippen molar-refractivity contribution in [2.24, 2.45) is 0 Å². The van der Waals surface area contributed by atoms with Gasteiger partial charge in [-0.2, -0.15) is 0 Å². The number of carbonyl (C=O) groups excluding carboxylic acids is 1. The summed E-state index contributed by atoms with van der Waals surface area (Å²) in [5.74, 6) is -0.200. The van der Waals surface area contributed by atoms with E-state index in [-0.39, 0.29) is 22.9 Å². The predicted octanol–water partition coefficient (Wildman–Crippen LogP) is 1.63. The summed E-state index contributed by atoms with van der Waals surface area (Å²) < 4.78 is 24.9. The maximum atomic E-state index is 12.0. The summed E-state index contributed by atoms with van der Waals surface area (Å²) in [6.07, 6.45) is 3.17. The van der Waals surface area contributed by atoms with Gasteiger partial charge in [0.25, 0.3) is 15.9 Å². The van der Waals surface area contributed by atoms with Crippen LogP contribution in [0.2, 0.25) is 0 Å². The van der Waals surface area contributed by atoms with Crippen molar-refractivity contribution in [2.75, 3.05) is 12.4 Å². The number of rotatable bonds is 3. The number of nitrogens with zero attached hydrogens (tertiary/aromatic N) is 1. The largest absolute Gasteiger partial charge is 0.269 e. The maximum Gasteiger partial charge on any atom is 0.269 e. The Labute approximate surface area is 105 Å². The lowest BCUT2D eigenvalue weighted by Gasteiger charge is -2.11. The number of halogens is 1. The SMILES string of the molecule is O=C1c2ccccc2S(=O)(=O)N1CC=CCCl. The van der Waals surface area contributed by atoms with Crippen molar-refractivity contribution < 1.29 is 13.2 Å². The molecular formula is C11H10ClNO3S. The molecular weight excluding hydrogens is 262 g/mol. The zero-order chi connectivity index (χ0) is 12.5. The molecule has 4 nitrogen and oxygen atoms in total. The second-order valence-electron chi connectivity index (χ2n) is 3.46. The zero-order valence-electron chi connectivity index (χ0n) is 8.84. The molecule has 6 heteroatoms. The summed E-state index contributed by atoms with van der Waals surface area (Å²) in [6.45, 7) is 0.0164. The Bertz CT molecular complexity index is 580. The minimum absolute atomic E-state index is 0.0164. The Hall–Kier alpha value is -1.33. The minimum atomic E-state index is -3.69. The van der Waals surface area contributed by atoms with Crippen LogP contribution in [-0.4, -0.2) is 31.1 Å². The fourth-order valence-corrected chi connectivity index (χ4v) is 3.29. The molecule has 1 heterocycles. The average molecular weight is 272 g/mol. The van der Waals surface area contributed by atoms with Crippen LogP contribution >= 0.6 is 11.6 Å². The molecule has 0 aromatic heterocycles. The van der Waals surface area contributed by atoms with E-state index in [9.17, 15) is 13.2 Å². The first kappa shape index (κ1) is 12.1. The lowest BCUT2D eigenvalue weighted by molar-refractivity contribution is 0.0880. The van der Waals surface area contributed by atoms with Crippen LogP contribution in [0.25, 0.3) is 0 Å². The molecule has 1 aromatic carbocycles. The number of allylic oxidation sites excluding steroid dienone is 1. The van der Waals surface area contributed by atoms with E-state index in [1.54, 1.807) is 24.3 Å². The van der Waals surface area contributed by atoms with Gasteiger partial charge in [-0.25, -0.2) is 12.7 Å². The first-order chi connectivity index (χ1) is 8.09. The van der Waals surface area contributed by atoms with Crippen molar-refractivity contribution in [1.29, 1.82) is 0 Å². The third-order valence-corrected chi connectivity index (χ3v) is 4.42. The topological polar surface area (TPSA) is 54.5 Å². The number of amides is 1. The third-order valence-electron chi connectivity index (χ3n) is 2.44. The summed E-state index contributed by atoms with van der Waals surface area (Å²) in [6, 6.07) is 6.19. The Morgan fingerprint density at radius 1 is 1.24 bits per heavy atom. The number of hydrogen-bond acceptors (Lipinski definition) is 3. The van der Waals surface area contributed by atoms with Crippen LogP contribution in [0.5, 0.6) is 0 Å². The zero-order valence-corrected chi connectivity index (χ0v) is 10.4. The standard InChI is InChI=1S/C11H10ClNO3S/c12-7-3-4-8-13-11(14)9-5-1-2-6-10(9)17(13,15)16/h1-6H,7-8H2. The van der Waals surface area contributed by atoms with E-state index in [0.717, 1.165) is 4.31 Å². The van der Waals surface area contributed by atoms with Crippen molar-refractivity contribution in [1.82, 2.24) is 4.31 Å². The number of alkyl halides is 1. The summed E-state index contributed by atoms with van der Waals surface area (Å²) in [4.78, 5) is 12.0. The van der Waals surface area contributed by atoms with Gasteiger partial charge in [0, 0.05) is 5.88 Å². The van der Waals surface area contributed by atoms with Gasteiger partial charge in [0.1, 0.15) is 4.90 Å². The Morgan fingerprint density at radius 3 is 2.59 bits per heavy atom. The van der Waals surface area contributed by atoms with Gasteiger partial charge in [0.15, 0.2) is 0 Å². The highest BCUT2D eigenvalue weighted by molar-refractivity contribution is 7.90. The van der Waals surface area contributed by atoms with Gasteiger partial charge in [-0.3, -0.25) is 4.79 Å². The van der Waals surface area contributed by atoms with Crippen LogP contribution in [0, 0.1) is 0 Å². The number of benzene rings is 1. The van der Waals surface area contributed by atoms with Crippen molar-refractivity contribution in [3.63, 3.8) is 0 Å². The van der Waals surface area contributed by atoms with E-state index >= 15 is 0 Å². The molecule has 1 aliphatic heterocycles. The highest BCUT2D eigenvalue weighted by Crippen LogP contribution is 2.29. The van der Waals surface area contributed by atoms with Crippen LogP contribution in [0.15, 0.2) is 41.3 Å². The fraction of sp³-hybridized carbons (Fsp3) is 0.182. The molecule has 0 unspecified atom stereocenters. The summed E-state index contributed by atoms with van der Waals surface area (Å²) in [5, 5.41) is 0. The van der Waals surface area contributed by atoms with E-state index < -0.39 is 15.9 Å². The van der Waals surface area contributed by atoms with Gasteiger partial charge >= 0.3 is 0 Å². The lowest BCUT2D eigenvalue weighted by atomic mass is 10.2. The van der Waals surface area contributed by atoms with Crippen molar-refractivity contribution >= 4 is 27.5 Å². The van der Waals surface area contributed by atoms with Crippen LogP contribution in [0.4, 0.5) is 0 Å². The predicted molar refractivity (Wildman–Crippen MR) is 64.5 cm³/mol. The molecule has 0 bridgehead atoms. The molecule has 0 fully saturated rings. The van der Waals surface area contributed by atoms with E-state index in [1.165, 1.54) is 12.1 Å². The van der Waals surface area contributed by atoms with Crippen molar-refractivity contribution in [3.8, 4) is 0 Å². The highest BCUT2D eigenvalue weighted by Gasteiger charge is 2.39. The van der Waals surface area contributed by atoms with Crippen LogP contribution in [-0.2, 0) is 10.0 Å². The molecule has 0 radical (unpaired) electrons. The Kier molecular flexibility index (Phi) is 3.22. The fourth-order valence-electron chi connectivity index (χ4n) is 1.64. The van der Waals surface area contributed by atoms with Crippen molar-refractivity contribution in [2.45, 2.75) is 4.90 Å². The molecule has 0 saturated heterocycles. The Balaban J connectivity index is 2.41. The van der Waals surface area contributed by atoms with Gasteiger partial charge in [-0.1, -0.05) is 24.3 Å². The van der Waals surface area contributed by atoms with Crippen LogP contribution in [0.3, 0.4) is 0 Å². The van der Waals surface area contributed by atoms with Crippen molar-refractivity contribution in [3.05, 3.63) is 42.0 Å². The smallest absolute Gasteiger partial charge is 0.268 e. The molecule has 1 aromatic rings. The van der Waals surface area contributed by atoms with Crippen LogP contribution in [0.1, 0.15) is 10.4 Å². The Morgan fingerprint density at radius 2 is 1.94 bits per heavy atom. The molecule has 0 N–H and O–H groups in total. The first-order valence-corrected chi connectivity index (χ1v) is 6.93. The van der Waals surface area contributed by atoms with E-state index in [0.29, 0.717) is 0 Å². The molecule has 17 heavy (non-hydrogen) atoms. The second-order valence-corrected chi connectivity index (χ2v) is 5.60. The number of fused-ring (bicyclic) bond motifs is 1. The summed E-state index contributed by atoms with van der Waals surface area (Å²) >= 11 is 5.44. The summed E-state index contributed by atoms with van der Waals surface area (Å²) in [7, 11) is -3.69.